The first-order valence-electron chi connectivity index (χ1n) is 16.0. The normalized spacial score (nSPS) is 12.6. The molecule has 10 rings (SSSR count). The van der Waals surface area contributed by atoms with E-state index >= 15 is 0 Å². The summed E-state index contributed by atoms with van der Waals surface area (Å²) < 4.78 is 9.41. The molecule has 6 aromatic carbocycles. The van der Waals surface area contributed by atoms with Gasteiger partial charge in [0.2, 0.25) is 0 Å². The molecular formula is C42H26N4OS. The van der Waals surface area contributed by atoms with Crippen molar-refractivity contribution >= 4 is 65.2 Å². The summed E-state index contributed by atoms with van der Waals surface area (Å²) in [6, 6.07) is 44.1. The number of thiophene rings is 1. The number of hydrogen-bond acceptors (Lipinski definition) is 6. The number of aromatic nitrogens is 3. The monoisotopic (exact) mass is 634 g/mol. The molecule has 0 saturated heterocycles. The third kappa shape index (κ3) is 4.27. The van der Waals surface area contributed by atoms with E-state index in [1.54, 1.807) is 0 Å². The molecule has 3 aromatic heterocycles. The lowest BCUT2D eigenvalue weighted by molar-refractivity contribution is 0.670. The van der Waals surface area contributed by atoms with Crippen molar-refractivity contribution in [2.24, 2.45) is 0 Å². The van der Waals surface area contributed by atoms with E-state index in [4.69, 9.17) is 19.4 Å². The van der Waals surface area contributed by atoms with Gasteiger partial charge >= 0.3 is 0 Å². The third-order valence-electron chi connectivity index (χ3n) is 9.13. The first-order chi connectivity index (χ1) is 23.8. The van der Waals surface area contributed by atoms with Gasteiger partial charge in [0.05, 0.1) is 0 Å². The molecule has 0 radical (unpaired) electrons. The first-order valence-corrected chi connectivity index (χ1v) is 16.8. The van der Waals surface area contributed by atoms with Gasteiger partial charge in [0.1, 0.15) is 11.2 Å². The molecule has 0 aliphatic carbocycles. The minimum Gasteiger partial charge on any atom is -0.455 e. The standard InChI is InChI=1S/C42H26N4OS/c1-3-11-25(12-4-1)40-44-41(26-13-5-2-6-14-26)46-42(45-40)32-21-20-29(31-18-9-17-30-28-16-7-8-19-36(28)48-39(30)31)38-37(32)33-24-34-27(15-10-22-43-34)23-35(33)47-38/h1-21,23-24,43H,22H2. The van der Waals surface area contributed by atoms with Gasteiger partial charge in [-0.25, -0.2) is 15.0 Å². The summed E-state index contributed by atoms with van der Waals surface area (Å²) in [5, 5.41) is 8.09. The maximum Gasteiger partial charge on any atom is 0.164 e. The fourth-order valence-corrected chi connectivity index (χ4v) is 8.10. The van der Waals surface area contributed by atoms with Gasteiger partial charge < -0.3 is 9.73 Å². The predicted octanol–water partition coefficient (Wildman–Crippen LogP) is 11.2. The second-order valence-corrected chi connectivity index (χ2v) is 13.1. The average molecular weight is 635 g/mol. The van der Waals surface area contributed by atoms with Crippen LogP contribution in [0.25, 0.3) is 93.5 Å². The van der Waals surface area contributed by atoms with Gasteiger partial charge in [0, 0.05) is 76.6 Å². The summed E-state index contributed by atoms with van der Waals surface area (Å²) >= 11 is 1.82. The Morgan fingerprint density at radius 1 is 0.583 bits per heavy atom. The van der Waals surface area contributed by atoms with Gasteiger partial charge in [-0.15, -0.1) is 11.3 Å². The van der Waals surface area contributed by atoms with Gasteiger partial charge in [-0.05, 0) is 30.3 Å². The second-order valence-electron chi connectivity index (χ2n) is 12.0. The molecule has 226 valence electrons. The largest absolute Gasteiger partial charge is 0.455 e. The Balaban J connectivity index is 1.29. The van der Waals surface area contributed by atoms with Gasteiger partial charge in [0.25, 0.3) is 0 Å². The van der Waals surface area contributed by atoms with Crippen LogP contribution >= 0.6 is 11.3 Å². The zero-order valence-electron chi connectivity index (χ0n) is 25.6. The molecule has 9 aromatic rings. The molecule has 1 aliphatic rings. The van der Waals surface area contributed by atoms with Crippen LogP contribution in [0.1, 0.15) is 5.56 Å². The molecule has 0 atom stereocenters. The molecule has 6 heteroatoms. The van der Waals surface area contributed by atoms with Gasteiger partial charge in [-0.1, -0.05) is 109 Å². The second kappa shape index (κ2) is 10.7. The third-order valence-corrected chi connectivity index (χ3v) is 10.4. The lowest BCUT2D eigenvalue weighted by atomic mass is 9.96. The smallest absolute Gasteiger partial charge is 0.164 e. The fraction of sp³-hybridized carbons (Fsp3) is 0.0238. The summed E-state index contributed by atoms with van der Waals surface area (Å²) in [6.45, 7) is 0.786. The van der Waals surface area contributed by atoms with Crippen molar-refractivity contribution in [1.82, 2.24) is 15.0 Å². The molecule has 0 saturated carbocycles. The van der Waals surface area contributed by atoms with Crippen molar-refractivity contribution in [2.75, 3.05) is 11.9 Å². The number of furan rings is 1. The minimum atomic E-state index is 0.604. The highest BCUT2D eigenvalue weighted by atomic mass is 32.1. The van der Waals surface area contributed by atoms with Gasteiger partial charge in [-0.2, -0.15) is 0 Å². The van der Waals surface area contributed by atoms with E-state index in [0.29, 0.717) is 17.5 Å². The van der Waals surface area contributed by atoms with E-state index in [1.807, 2.05) is 72.0 Å². The zero-order valence-corrected chi connectivity index (χ0v) is 26.5. The topological polar surface area (TPSA) is 63.8 Å². The Kier molecular flexibility index (Phi) is 6.04. The van der Waals surface area contributed by atoms with E-state index in [-0.39, 0.29) is 0 Å². The fourth-order valence-electron chi connectivity index (χ4n) is 6.87. The van der Waals surface area contributed by atoms with E-state index < -0.39 is 0 Å². The van der Waals surface area contributed by atoms with E-state index in [1.165, 1.54) is 20.2 Å². The highest BCUT2D eigenvalue weighted by Gasteiger charge is 2.23. The van der Waals surface area contributed by atoms with Crippen molar-refractivity contribution in [3.63, 3.8) is 0 Å². The van der Waals surface area contributed by atoms with Crippen molar-refractivity contribution < 1.29 is 4.42 Å². The Labute approximate surface area is 279 Å². The predicted molar refractivity (Wildman–Crippen MR) is 199 cm³/mol. The molecular weight excluding hydrogens is 609 g/mol. The summed E-state index contributed by atoms with van der Waals surface area (Å²) in [7, 11) is 0. The van der Waals surface area contributed by atoms with Gasteiger partial charge in [-0.3, -0.25) is 0 Å². The molecule has 0 fully saturated rings. The first kappa shape index (κ1) is 27.0. The number of benzene rings is 6. The number of nitrogens with one attached hydrogen (secondary N) is 1. The maximum absolute atomic E-state index is 6.89. The molecule has 5 nitrogen and oxygen atoms in total. The number of rotatable bonds is 4. The highest BCUT2D eigenvalue weighted by Crippen LogP contribution is 2.46. The molecule has 48 heavy (non-hydrogen) atoms. The summed E-state index contributed by atoms with van der Waals surface area (Å²) in [4.78, 5) is 15.2. The maximum atomic E-state index is 6.89. The van der Waals surface area contributed by atoms with Crippen LogP contribution in [0.15, 0.2) is 138 Å². The lowest BCUT2D eigenvalue weighted by Gasteiger charge is -2.13. The van der Waals surface area contributed by atoms with E-state index in [9.17, 15) is 0 Å². The molecule has 0 amide bonds. The molecule has 0 spiro atoms. The van der Waals surface area contributed by atoms with Crippen LogP contribution in [0.4, 0.5) is 5.69 Å². The van der Waals surface area contributed by atoms with Crippen molar-refractivity contribution in [1.29, 1.82) is 0 Å². The van der Waals surface area contributed by atoms with Crippen LogP contribution < -0.4 is 5.32 Å². The van der Waals surface area contributed by atoms with Crippen LogP contribution in [0, 0.1) is 0 Å². The lowest BCUT2D eigenvalue weighted by Crippen LogP contribution is -2.03. The van der Waals surface area contributed by atoms with Crippen molar-refractivity contribution in [3.05, 3.63) is 139 Å². The van der Waals surface area contributed by atoms with Crippen LogP contribution in [0.2, 0.25) is 0 Å². The van der Waals surface area contributed by atoms with Gasteiger partial charge in [0.15, 0.2) is 17.5 Å². The summed E-state index contributed by atoms with van der Waals surface area (Å²) in [6.07, 6.45) is 4.29. The van der Waals surface area contributed by atoms with Crippen LogP contribution in [-0.4, -0.2) is 21.5 Å². The zero-order chi connectivity index (χ0) is 31.6. The Hall–Kier alpha value is -6.11. The molecule has 0 unspecified atom stereocenters. The van der Waals surface area contributed by atoms with Crippen LogP contribution in [0.5, 0.6) is 0 Å². The SMILES string of the molecule is C1=Cc2cc3oc4c(-c5cccc6c5sc5ccccc56)ccc(-c5nc(-c6ccccc6)nc(-c6ccccc6)n5)c4c3cc2NC1. The van der Waals surface area contributed by atoms with Crippen LogP contribution in [0.3, 0.4) is 0 Å². The molecule has 1 N–H and O–H groups in total. The van der Waals surface area contributed by atoms with Crippen molar-refractivity contribution in [3.8, 4) is 45.3 Å². The quantitative estimate of drug-likeness (QED) is 0.209. The Bertz CT molecular complexity index is 2670. The van der Waals surface area contributed by atoms with Crippen LogP contribution in [-0.2, 0) is 0 Å². The number of hydrogen-bond donors (Lipinski definition) is 1. The van der Waals surface area contributed by atoms with E-state index in [2.05, 4.69) is 84.2 Å². The Morgan fingerprint density at radius 2 is 1.27 bits per heavy atom. The van der Waals surface area contributed by atoms with Crippen molar-refractivity contribution in [2.45, 2.75) is 0 Å². The molecule has 1 aliphatic heterocycles. The number of fused-ring (bicyclic) bond motifs is 7. The number of anilines is 1. The summed E-state index contributed by atoms with van der Waals surface area (Å²) in [5.74, 6) is 1.86. The molecule has 4 heterocycles. The van der Waals surface area contributed by atoms with E-state index in [0.717, 1.165) is 67.6 Å². The minimum absolute atomic E-state index is 0.604. The summed E-state index contributed by atoms with van der Waals surface area (Å²) in [5.41, 5.74) is 8.81. The average Bonchev–Trinajstić information content (AvgIpc) is 3.73. The highest BCUT2D eigenvalue weighted by molar-refractivity contribution is 7.26. The molecule has 0 bridgehead atoms. The Morgan fingerprint density at radius 3 is 2.06 bits per heavy atom. The number of nitrogens with zero attached hydrogens (tertiary/aromatic N) is 3.